The lowest BCUT2D eigenvalue weighted by Gasteiger charge is -2.19. The van der Waals surface area contributed by atoms with Gasteiger partial charge < -0.3 is 4.74 Å². The van der Waals surface area contributed by atoms with Gasteiger partial charge in [-0.3, -0.25) is 19.3 Å². The van der Waals surface area contributed by atoms with Crippen molar-refractivity contribution in [2.75, 3.05) is 11.5 Å². The molecule has 2 aromatic carbocycles. The number of fused-ring (bicyclic) bond motifs is 5. The first-order valence-corrected chi connectivity index (χ1v) is 11.1. The van der Waals surface area contributed by atoms with Gasteiger partial charge in [-0.15, -0.1) is 0 Å². The standard InChI is InChI=1S/C26H25NO5/c1-14-6-7-16(10-15(14)2)21(28)13-32-26(31)19-4-3-5-20(12-19)27-24(29)22-17-8-9-18(11-17)23(22)25(27)30/h3-7,10,12,17-18,22-23H,8-9,11,13H2,1-2H3/t17-,18-,22-,23+/m0/s1. The lowest BCUT2D eigenvalue weighted by molar-refractivity contribution is -0.123. The first kappa shape index (κ1) is 20.6. The van der Waals surface area contributed by atoms with Crippen molar-refractivity contribution in [3.8, 4) is 0 Å². The highest BCUT2D eigenvalue weighted by Crippen LogP contribution is 2.56. The molecule has 1 saturated heterocycles. The zero-order chi connectivity index (χ0) is 22.6. The molecule has 5 rings (SSSR count). The highest BCUT2D eigenvalue weighted by Gasteiger charge is 2.61. The Bertz CT molecular complexity index is 1120. The first-order chi connectivity index (χ1) is 15.3. The number of nitrogens with zero attached hydrogens (tertiary/aromatic N) is 1. The molecule has 0 unspecified atom stereocenters. The van der Waals surface area contributed by atoms with Gasteiger partial charge in [0.25, 0.3) is 0 Å². The van der Waals surface area contributed by atoms with Crippen LogP contribution in [0.1, 0.15) is 51.1 Å². The minimum absolute atomic E-state index is 0.150. The van der Waals surface area contributed by atoms with Crippen LogP contribution in [0, 0.1) is 37.5 Å². The SMILES string of the molecule is Cc1ccc(C(=O)COC(=O)c2cccc(N3C(=O)[C@@H]4[C@H]5CC[C@@H](C5)[C@@H]4C3=O)c2)cc1C. The summed E-state index contributed by atoms with van der Waals surface area (Å²) in [6.45, 7) is 3.51. The van der Waals surface area contributed by atoms with Crippen LogP contribution in [-0.2, 0) is 14.3 Å². The third-order valence-electron chi connectivity index (χ3n) is 7.43. The summed E-state index contributed by atoms with van der Waals surface area (Å²) in [5.41, 5.74) is 3.16. The average molecular weight is 431 g/mol. The van der Waals surface area contributed by atoms with E-state index in [0.717, 1.165) is 30.4 Å². The molecule has 4 atom stereocenters. The number of benzene rings is 2. The molecule has 3 fully saturated rings. The summed E-state index contributed by atoms with van der Waals surface area (Å²) in [6, 6.07) is 11.7. The Kier molecular flexibility index (Phi) is 4.96. The topological polar surface area (TPSA) is 80.8 Å². The predicted octanol–water partition coefficient (Wildman–Crippen LogP) is 3.88. The number of hydrogen-bond acceptors (Lipinski definition) is 5. The normalized spacial score (nSPS) is 25.9. The lowest BCUT2D eigenvalue weighted by atomic mass is 9.81. The van der Waals surface area contributed by atoms with Gasteiger partial charge in [-0.25, -0.2) is 4.79 Å². The number of aryl methyl sites for hydroxylation is 2. The van der Waals surface area contributed by atoms with Gasteiger partial charge in [0.2, 0.25) is 11.8 Å². The summed E-state index contributed by atoms with van der Waals surface area (Å²) in [4.78, 5) is 52.3. The maximum Gasteiger partial charge on any atom is 0.338 e. The summed E-state index contributed by atoms with van der Waals surface area (Å²) in [5, 5.41) is 0. The number of imide groups is 1. The molecule has 1 heterocycles. The third kappa shape index (κ3) is 3.25. The van der Waals surface area contributed by atoms with Crippen molar-refractivity contribution in [3.05, 3.63) is 64.7 Å². The fraction of sp³-hybridized carbons (Fsp3) is 0.385. The number of Topliss-reactive ketones (excluding diaryl/α,β-unsaturated/α-hetero) is 1. The maximum atomic E-state index is 13.0. The first-order valence-electron chi connectivity index (χ1n) is 11.1. The van der Waals surface area contributed by atoms with Gasteiger partial charge in [0.05, 0.1) is 23.1 Å². The van der Waals surface area contributed by atoms with Gasteiger partial charge in [0, 0.05) is 5.56 Å². The van der Waals surface area contributed by atoms with Crippen LogP contribution in [0.5, 0.6) is 0 Å². The fourth-order valence-corrected chi connectivity index (χ4v) is 5.65. The largest absolute Gasteiger partial charge is 0.454 e. The minimum atomic E-state index is -0.664. The number of hydrogen-bond donors (Lipinski definition) is 0. The van der Waals surface area contributed by atoms with Gasteiger partial charge in [-0.1, -0.05) is 18.2 Å². The Labute approximate surface area is 186 Å². The number of esters is 1. The van der Waals surface area contributed by atoms with Crippen LogP contribution in [0.25, 0.3) is 0 Å². The molecule has 0 spiro atoms. The Morgan fingerprint density at radius 2 is 1.59 bits per heavy atom. The Hall–Kier alpha value is -3.28. The van der Waals surface area contributed by atoms with E-state index in [-0.39, 0.29) is 41.6 Å². The molecule has 0 N–H and O–H groups in total. The zero-order valence-electron chi connectivity index (χ0n) is 18.2. The number of carbonyl (C=O) groups is 4. The molecule has 6 nitrogen and oxygen atoms in total. The van der Waals surface area contributed by atoms with E-state index >= 15 is 0 Å². The Morgan fingerprint density at radius 3 is 2.25 bits per heavy atom. The summed E-state index contributed by atoms with van der Waals surface area (Å²) < 4.78 is 5.23. The number of ether oxygens (including phenoxy) is 1. The summed E-state index contributed by atoms with van der Waals surface area (Å²) in [6.07, 6.45) is 3.00. The van der Waals surface area contributed by atoms with E-state index in [1.807, 2.05) is 19.9 Å². The molecule has 3 aliphatic rings. The molecular weight excluding hydrogens is 406 g/mol. The molecule has 2 aliphatic carbocycles. The number of ketones is 1. The van der Waals surface area contributed by atoms with Crippen LogP contribution in [0.2, 0.25) is 0 Å². The molecule has 164 valence electrons. The van der Waals surface area contributed by atoms with Crippen molar-refractivity contribution in [3.63, 3.8) is 0 Å². The van der Waals surface area contributed by atoms with E-state index in [0.29, 0.717) is 23.1 Å². The molecular formula is C26H25NO5. The van der Waals surface area contributed by atoms with Gasteiger partial charge in [-0.2, -0.15) is 0 Å². The molecule has 0 aromatic heterocycles. The van der Waals surface area contributed by atoms with E-state index in [4.69, 9.17) is 4.74 Å². The van der Waals surface area contributed by atoms with Gasteiger partial charge in [0.1, 0.15) is 0 Å². The molecule has 0 radical (unpaired) electrons. The quantitative estimate of drug-likeness (QED) is 0.408. The van der Waals surface area contributed by atoms with Crippen LogP contribution in [-0.4, -0.2) is 30.2 Å². The Balaban J connectivity index is 1.29. The molecule has 6 heteroatoms. The van der Waals surface area contributed by atoms with E-state index < -0.39 is 5.97 Å². The Morgan fingerprint density at radius 1 is 0.906 bits per heavy atom. The second-order valence-corrected chi connectivity index (χ2v) is 9.25. The van der Waals surface area contributed by atoms with E-state index in [1.165, 1.54) is 11.0 Å². The fourth-order valence-electron chi connectivity index (χ4n) is 5.65. The minimum Gasteiger partial charge on any atom is -0.454 e. The van der Waals surface area contributed by atoms with Crippen LogP contribution in [0.3, 0.4) is 0 Å². The zero-order valence-corrected chi connectivity index (χ0v) is 18.2. The molecule has 1 aliphatic heterocycles. The smallest absolute Gasteiger partial charge is 0.338 e. The predicted molar refractivity (Wildman–Crippen MR) is 117 cm³/mol. The van der Waals surface area contributed by atoms with Crippen molar-refractivity contribution in [1.29, 1.82) is 0 Å². The molecule has 2 bridgehead atoms. The van der Waals surface area contributed by atoms with E-state index in [2.05, 4.69) is 0 Å². The van der Waals surface area contributed by atoms with Crippen molar-refractivity contribution in [1.82, 2.24) is 0 Å². The summed E-state index contributed by atoms with van der Waals surface area (Å²) in [5.74, 6) is -1.08. The van der Waals surface area contributed by atoms with Crippen molar-refractivity contribution in [2.45, 2.75) is 33.1 Å². The lowest BCUT2D eigenvalue weighted by Crippen LogP contribution is -2.32. The van der Waals surface area contributed by atoms with Crippen LogP contribution < -0.4 is 4.90 Å². The van der Waals surface area contributed by atoms with Gasteiger partial charge in [0.15, 0.2) is 12.4 Å². The number of anilines is 1. The average Bonchev–Trinajstić information content (AvgIpc) is 3.47. The van der Waals surface area contributed by atoms with Crippen LogP contribution >= 0.6 is 0 Å². The number of carbonyl (C=O) groups excluding carboxylic acids is 4. The molecule has 2 saturated carbocycles. The molecule has 2 amide bonds. The summed E-state index contributed by atoms with van der Waals surface area (Å²) in [7, 11) is 0. The summed E-state index contributed by atoms with van der Waals surface area (Å²) >= 11 is 0. The molecule has 2 aromatic rings. The monoisotopic (exact) mass is 431 g/mol. The van der Waals surface area contributed by atoms with Crippen molar-refractivity contribution < 1.29 is 23.9 Å². The highest BCUT2D eigenvalue weighted by molar-refractivity contribution is 6.22. The van der Waals surface area contributed by atoms with Gasteiger partial charge in [-0.05, 0) is 80.3 Å². The van der Waals surface area contributed by atoms with Gasteiger partial charge >= 0.3 is 5.97 Å². The third-order valence-corrected chi connectivity index (χ3v) is 7.43. The van der Waals surface area contributed by atoms with E-state index in [1.54, 1.807) is 30.3 Å². The number of rotatable bonds is 5. The second kappa shape index (κ2) is 7.69. The van der Waals surface area contributed by atoms with Crippen LogP contribution in [0.15, 0.2) is 42.5 Å². The maximum absolute atomic E-state index is 13.0. The number of amides is 2. The van der Waals surface area contributed by atoms with Crippen molar-refractivity contribution in [2.24, 2.45) is 23.7 Å². The second-order valence-electron chi connectivity index (χ2n) is 9.25. The van der Waals surface area contributed by atoms with Crippen molar-refractivity contribution >= 4 is 29.3 Å². The highest BCUT2D eigenvalue weighted by atomic mass is 16.5. The van der Waals surface area contributed by atoms with E-state index in [9.17, 15) is 19.2 Å². The molecule has 32 heavy (non-hydrogen) atoms. The van der Waals surface area contributed by atoms with Crippen LogP contribution in [0.4, 0.5) is 5.69 Å².